The molecule has 1 aliphatic rings. The monoisotopic (exact) mass is 381 g/mol. The molecule has 0 saturated carbocycles. The van der Waals surface area contributed by atoms with Gasteiger partial charge in [-0.2, -0.15) is 0 Å². The first-order valence-corrected chi connectivity index (χ1v) is 9.50. The molecule has 6 nitrogen and oxygen atoms in total. The highest BCUT2D eigenvalue weighted by Gasteiger charge is 2.36. The number of nitrogens with one attached hydrogen (secondary N) is 1. The normalized spacial score (nSPS) is 15.7. The summed E-state index contributed by atoms with van der Waals surface area (Å²) in [6.07, 6.45) is 0.780. The summed E-state index contributed by atoms with van der Waals surface area (Å²) in [5, 5.41) is 3.28. The number of nitrogen functional groups attached to an aromatic ring is 1. The first-order valence-electron chi connectivity index (χ1n) is 9.50. The highest BCUT2D eigenvalue weighted by molar-refractivity contribution is 5.95. The minimum absolute atomic E-state index is 0.300. The average Bonchev–Trinajstić information content (AvgIpc) is 2.69. The summed E-state index contributed by atoms with van der Waals surface area (Å²) >= 11 is 0. The molecule has 0 saturated heterocycles. The lowest BCUT2D eigenvalue weighted by molar-refractivity contribution is -0.138. The van der Waals surface area contributed by atoms with Crippen molar-refractivity contribution in [3.05, 3.63) is 57.9 Å². The zero-order chi connectivity index (χ0) is 20.4. The Kier molecular flexibility index (Phi) is 5.58. The molecule has 2 heterocycles. The zero-order valence-electron chi connectivity index (χ0n) is 17.1. The molecule has 1 atom stereocenters. The third-order valence-electron chi connectivity index (χ3n) is 5.17. The van der Waals surface area contributed by atoms with E-state index in [0.717, 1.165) is 34.5 Å². The standard InChI is InChI=1S/C22H27N3O3/c1-6-16-12(3)20(23)19-18(14-9-8-10-15(11-14)27-5)17(22(26)28-7-2)13(4)24-21(19)25-16/h8-11,18H,6-7H2,1-5H3,(H3,23,24,25). The highest BCUT2D eigenvalue weighted by Crippen LogP contribution is 2.46. The Bertz CT molecular complexity index is 950. The van der Waals surface area contributed by atoms with Crippen LogP contribution >= 0.6 is 0 Å². The number of allylic oxidation sites excluding steroid dienone is 1. The van der Waals surface area contributed by atoms with Crippen molar-refractivity contribution < 1.29 is 14.3 Å². The van der Waals surface area contributed by atoms with Gasteiger partial charge in [0, 0.05) is 28.6 Å². The number of aromatic nitrogens is 1. The molecule has 3 N–H and O–H groups in total. The van der Waals surface area contributed by atoms with Gasteiger partial charge in [0.15, 0.2) is 0 Å². The summed E-state index contributed by atoms with van der Waals surface area (Å²) in [6.45, 7) is 7.99. The lowest BCUT2D eigenvalue weighted by Gasteiger charge is -2.31. The Labute approximate surface area is 165 Å². The van der Waals surface area contributed by atoms with E-state index in [1.165, 1.54) is 0 Å². The number of nitrogens with two attached hydrogens (primary N) is 1. The molecule has 2 aromatic rings. The second-order valence-corrected chi connectivity index (χ2v) is 6.81. The van der Waals surface area contributed by atoms with Crippen molar-refractivity contribution in [1.29, 1.82) is 0 Å². The van der Waals surface area contributed by atoms with E-state index in [2.05, 4.69) is 12.2 Å². The van der Waals surface area contributed by atoms with E-state index in [4.69, 9.17) is 20.2 Å². The average molecular weight is 381 g/mol. The number of aryl methyl sites for hydroxylation is 1. The number of pyridine rings is 1. The van der Waals surface area contributed by atoms with Gasteiger partial charge in [0.05, 0.1) is 19.3 Å². The summed E-state index contributed by atoms with van der Waals surface area (Å²) in [5.41, 5.74) is 12.1. The van der Waals surface area contributed by atoms with Crippen LogP contribution in [0, 0.1) is 6.92 Å². The lowest BCUT2D eigenvalue weighted by Crippen LogP contribution is -2.27. The number of methoxy groups -OCH3 is 1. The van der Waals surface area contributed by atoms with E-state index in [-0.39, 0.29) is 11.9 Å². The number of hydrogen-bond donors (Lipinski definition) is 2. The summed E-state index contributed by atoms with van der Waals surface area (Å²) in [4.78, 5) is 17.7. The van der Waals surface area contributed by atoms with Gasteiger partial charge in [0.1, 0.15) is 11.6 Å². The maximum absolute atomic E-state index is 12.9. The molecule has 0 aliphatic carbocycles. The molecule has 0 fully saturated rings. The van der Waals surface area contributed by atoms with Crippen LogP contribution in [0.25, 0.3) is 0 Å². The molecule has 0 bridgehead atoms. The van der Waals surface area contributed by atoms with E-state index in [1.807, 2.05) is 38.1 Å². The van der Waals surface area contributed by atoms with Crippen LogP contribution in [-0.2, 0) is 16.0 Å². The molecule has 28 heavy (non-hydrogen) atoms. The smallest absolute Gasteiger partial charge is 0.336 e. The number of esters is 1. The fourth-order valence-electron chi connectivity index (χ4n) is 3.74. The van der Waals surface area contributed by atoms with Crippen molar-refractivity contribution in [2.45, 2.75) is 40.0 Å². The quantitative estimate of drug-likeness (QED) is 0.763. The van der Waals surface area contributed by atoms with Gasteiger partial charge in [-0.25, -0.2) is 9.78 Å². The van der Waals surface area contributed by atoms with Crippen LogP contribution in [0.2, 0.25) is 0 Å². The van der Waals surface area contributed by atoms with Crippen molar-refractivity contribution >= 4 is 17.5 Å². The van der Waals surface area contributed by atoms with Crippen molar-refractivity contribution in [2.24, 2.45) is 0 Å². The summed E-state index contributed by atoms with van der Waals surface area (Å²) in [5.74, 6) is 0.662. The van der Waals surface area contributed by atoms with Crippen LogP contribution < -0.4 is 15.8 Å². The predicted molar refractivity (Wildman–Crippen MR) is 111 cm³/mol. The molecular weight excluding hydrogens is 354 g/mol. The van der Waals surface area contributed by atoms with Crippen molar-refractivity contribution in [3.8, 4) is 5.75 Å². The predicted octanol–water partition coefficient (Wildman–Crippen LogP) is 3.94. The SMILES string of the molecule is CCOC(=O)C1=C(C)Nc2nc(CC)c(C)c(N)c2C1c1cccc(OC)c1. The van der Waals surface area contributed by atoms with Crippen LogP contribution in [0.4, 0.5) is 11.5 Å². The van der Waals surface area contributed by atoms with Gasteiger partial charge in [-0.3, -0.25) is 0 Å². The van der Waals surface area contributed by atoms with Gasteiger partial charge in [0.2, 0.25) is 0 Å². The summed E-state index contributed by atoms with van der Waals surface area (Å²) < 4.78 is 10.8. The fourth-order valence-corrected chi connectivity index (χ4v) is 3.74. The number of rotatable bonds is 5. The summed E-state index contributed by atoms with van der Waals surface area (Å²) in [6, 6.07) is 7.68. The van der Waals surface area contributed by atoms with Crippen LogP contribution in [0.5, 0.6) is 5.75 Å². The van der Waals surface area contributed by atoms with Crippen molar-refractivity contribution in [3.63, 3.8) is 0 Å². The Hall–Kier alpha value is -3.02. The number of nitrogens with zero attached hydrogens (tertiary/aromatic N) is 1. The largest absolute Gasteiger partial charge is 0.497 e. The number of anilines is 2. The fraction of sp³-hybridized carbons (Fsp3) is 0.364. The van der Waals surface area contributed by atoms with Crippen LogP contribution in [0.15, 0.2) is 35.5 Å². The molecule has 1 unspecified atom stereocenters. The van der Waals surface area contributed by atoms with Gasteiger partial charge in [-0.1, -0.05) is 19.1 Å². The van der Waals surface area contributed by atoms with Crippen LogP contribution in [0.1, 0.15) is 49.1 Å². The molecular formula is C22H27N3O3. The second kappa shape index (κ2) is 7.92. The molecule has 0 radical (unpaired) electrons. The Morgan fingerprint density at radius 3 is 2.68 bits per heavy atom. The van der Waals surface area contributed by atoms with Crippen LogP contribution in [-0.4, -0.2) is 24.7 Å². The number of fused-ring (bicyclic) bond motifs is 1. The van der Waals surface area contributed by atoms with E-state index < -0.39 is 0 Å². The number of carbonyl (C=O) groups is 1. The third-order valence-corrected chi connectivity index (χ3v) is 5.17. The maximum Gasteiger partial charge on any atom is 0.336 e. The molecule has 1 aromatic carbocycles. The second-order valence-electron chi connectivity index (χ2n) is 6.81. The van der Waals surface area contributed by atoms with E-state index in [0.29, 0.717) is 29.4 Å². The molecule has 148 valence electrons. The number of hydrogen-bond acceptors (Lipinski definition) is 6. The maximum atomic E-state index is 12.9. The number of ether oxygens (including phenoxy) is 2. The highest BCUT2D eigenvalue weighted by atomic mass is 16.5. The van der Waals surface area contributed by atoms with E-state index >= 15 is 0 Å². The van der Waals surface area contributed by atoms with Crippen molar-refractivity contribution in [2.75, 3.05) is 24.8 Å². The Morgan fingerprint density at radius 2 is 2.04 bits per heavy atom. The minimum Gasteiger partial charge on any atom is -0.497 e. The molecule has 3 rings (SSSR count). The van der Waals surface area contributed by atoms with Crippen LogP contribution in [0.3, 0.4) is 0 Å². The van der Waals surface area contributed by atoms with E-state index in [9.17, 15) is 4.79 Å². The Morgan fingerprint density at radius 1 is 1.29 bits per heavy atom. The molecule has 1 aromatic heterocycles. The van der Waals surface area contributed by atoms with Crippen molar-refractivity contribution in [1.82, 2.24) is 4.98 Å². The van der Waals surface area contributed by atoms with Gasteiger partial charge in [-0.05, 0) is 50.5 Å². The van der Waals surface area contributed by atoms with Gasteiger partial charge in [-0.15, -0.1) is 0 Å². The first kappa shape index (κ1) is 19.7. The third kappa shape index (κ3) is 3.30. The zero-order valence-corrected chi connectivity index (χ0v) is 17.1. The first-order chi connectivity index (χ1) is 13.4. The van der Waals surface area contributed by atoms with Gasteiger partial charge in [0.25, 0.3) is 0 Å². The topological polar surface area (TPSA) is 86.5 Å². The minimum atomic E-state index is -0.387. The van der Waals surface area contributed by atoms with Gasteiger partial charge < -0.3 is 20.5 Å². The Balaban J connectivity index is 2.29. The summed E-state index contributed by atoms with van der Waals surface area (Å²) in [7, 11) is 1.62. The van der Waals surface area contributed by atoms with Gasteiger partial charge >= 0.3 is 5.97 Å². The molecule has 6 heteroatoms. The van der Waals surface area contributed by atoms with E-state index in [1.54, 1.807) is 14.0 Å². The molecule has 0 spiro atoms. The lowest BCUT2D eigenvalue weighted by atomic mass is 9.80. The molecule has 1 aliphatic heterocycles. The number of benzene rings is 1. The molecule has 0 amide bonds. The number of carbonyl (C=O) groups excluding carboxylic acids is 1.